The van der Waals surface area contributed by atoms with Crippen LogP contribution >= 0.6 is 15.9 Å². The second-order valence-corrected chi connectivity index (χ2v) is 6.79. The summed E-state index contributed by atoms with van der Waals surface area (Å²) in [5.74, 6) is -1.98. The van der Waals surface area contributed by atoms with Gasteiger partial charge in [0.25, 0.3) is 0 Å². The van der Waals surface area contributed by atoms with Gasteiger partial charge < -0.3 is 5.11 Å². The minimum Gasteiger partial charge on any atom is -0.396 e. The van der Waals surface area contributed by atoms with Crippen LogP contribution in [0.1, 0.15) is 25.7 Å². The van der Waals surface area contributed by atoms with Crippen LogP contribution in [0.2, 0.25) is 0 Å². The van der Waals surface area contributed by atoms with Gasteiger partial charge in [-0.3, -0.25) is 0 Å². The molecule has 1 aromatic rings. The summed E-state index contributed by atoms with van der Waals surface area (Å²) in [7, 11) is -4.02. The Morgan fingerprint density at radius 3 is 2.40 bits per heavy atom. The zero-order valence-corrected chi connectivity index (χ0v) is 13.1. The summed E-state index contributed by atoms with van der Waals surface area (Å²) in [5.41, 5.74) is 0. The summed E-state index contributed by atoms with van der Waals surface area (Å²) >= 11 is 2.85. The van der Waals surface area contributed by atoms with Gasteiger partial charge in [0.15, 0.2) is 0 Å². The van der Waals surface area contributed by atoms with E-state index in [1.54, 1.807) is 0 Å². The average Bonchev–Trinajstić information content (AvgIpc) is 2.31. The van der Waals surface area contributed by atoms with Crippen LogP contribution in [0.5, 0.6) is 0 Å². The lowest BCUT2D eigenvalue weighted by atomic mass is 10.2. The highest BCUT2D eigenvalue weighted by atomic mass is 79.9. The number of sulfonamides is 1. The Labute approximate surface area is 125 Å². The Morgan fingerprint density at radius 2 is 1.80 bits per heavy atom. The van der Waals surface area contributed by atoms with Crippen molar-refractivity contribution in [1.82, 2.24) is 4.72 Å². The van der Waals surface area contributed by atoms with Gasteiger partial charge in [-0.05, 0) is 34.8 Å². The van der Waals surface area contributed by atoms with Crippen molar-refractivity contribution < 1.29 is 22.3 Å². The zero-order chi connectivity index (χ0) is 15.2. The lowest BCUT2D eigenvalue weighted by Crippen LogP contribution is -2.26. The lowest BCUT2D eigenvalue weighted by Gasteiger charge is -2.09. The molecule has 0 saturated carbocycles. The standard InChI is InChI=1S/C12H16BrF2NO3S/c13-10-7-9(14)8-11(15)12(10)20(18,19)16-5-3-1-2-4-6-17/h7-8,16-17H,1-6H2. The van der Waals surface area contributed by atoms with Crippen LogP contribution in [0.15, 0.2) is 21.5 Å². The number of aliphatic hydroxyl groups is 1. The molecule has 0 spiro atoms. The highest BCUT2D eigenvalue weighted by molar-refractivity contribution is 9.10. The summed E-state index contributed by atoms with van der Waals surface area (Å²) in [6.07, 6.45) is 2.81. The van der Waals surface area contributed by atoms with Crippen molar-refractivity contribution >= 4 is 26.0 Å². The van der Waals surface area contributed by atoms with E-state index in [9.17, 15) is 17.2 Å². The fourth-order valence-corrected chi connectivity index (χ4v) is 3.89. The number of unbranched alkanes of at least 4 members (excludes halogenated alkanes) is 3. The first-order valence-electron chi connectivity index (χ1n) is 6.13. The maximum absolute atomic E-state index is 13.6. The molecule has 0 bridgehead atoms. The molecule has 0 heterocycles. The third kappa shape index (κ3) is 5.08. The molecular weight excluding hydrogens is 356 g/mol. The van der Waals surface area contributed by atoms with E-state index in [1.165, 1.54) is 0 Å². The van der Waals surface area contributed by atoms with Crippen LogP contribution < -0.4 is 4.72 Å². The molecule has 0 unspecified atom stereocenters. The second kappa shape index (κ2) is 8.02. The Balaban J connectivity index is 2.66. The van der Waals surface area contributed by atoms with Crippen LogP contribution in [0.25, 0.3) is 0 Å². The number of rotatable bonds is 8. The van der Waals surface area contributed by atoms with Crippen LogP contribution in [0.3, 0.4) is 0 Å². The van der Waals surface area contributed by atoms with Gasteiger partial charge in [0.05, 0.1) is 0 Å². The smallest absolute Gasteiger partial charge is 0.244 e. The first-order valence-corrected chi connectivity index (χ1v) is 8.41. The summed E-state index contributed by atoms with van der Waals surface area (Å²) in [5, 5.41) is 8.60. The van der Waals surface area contributed by atoms with E-state index in [4.69, 9.17) is 5.11 Å². The number of hydrogen-bond donors (Lipinski definition) is 2. The maximum atomic E-state index is 13.6. The van der Waals surface area contributed by atoms with E-state index in [0.717, 1.165) is 18.9 Å². The molecule has 0 aliphatic rings. The highest BCUT2D eigenvalue weighted by Gasteiger charge is 2.23. The van der Waals surface area contributed by atoms with Crippen molar-refractivity contribution in [2.24, 2.45) is 0 Å². The van der Waals surface area contributed by atoms with Gasteiger partial charge >= 0.3 is 0 Å². The Bertz CT molecular complexity index is 529. The van der Waals surface area contributed by atoms with Gasteiger partial charge in [0.2, 0.25) is 10.0 Å². The van der Waals surface area contributed by atoms with Crippen molar-refractivity contribution in [1.29, 1.82) is 0 Å². The number of aliphatic hydroxyl groups excluding tert-OH is 1. The largest absolute Gasteiger partial charge is 0.396 e. The molecule has 0 amide bonds. The normalized spacial score (nSPS) is 11.8. The summed E-state index contributed by atoms with van der Waals surface area (Å²) in [6, 6.07) is 1.43. The molecule has 0 atom stereocenters. The molecule has 1 aromatic carbocycles. The monoisotopic (exact) mass is 371 g/mol. The second-order valence-electron chi connectivity index (χ2n) is 4.23. The molecule has 20 heavy (non-hydrogen) atoms. The van der Waals surface area contributed by atoms with Crippen LogP contribution in [-0.4, -0.2) is 26.7 Å². The minimum atomic E-state index is -4.02. The topological polar surface area (TPSA) is 66.4 Å². The van der Waals surface area contributed by atoms with Gasteiger partial charge in [0, 0.05) is 23.7 Å². The quantitative estimate of drug-likeness (QED) is 0.690. The van der Waals surface area contributed by atoms with Gasteiger partial charge in [0.1, 0.15) is 16.5 Å². The predicted octanol–water partition coefficient (Wildman–Crippen LogP) is 2.56. The number of nitrogens with one attached hydrogen (secondary N) is 1. The average molecular weight is 372 g/mol. The number of hydrogen-bond acceptors (Lipinski definition) is 3. The van der Waals surface area contributed by atoms with Crippen molar-refractivity contribution in [2.45, 2.75) is 30.6 Å². The van der Waals surface area contributed by atoms with Crippen molar-refractivity contribution in [3.8, 4) is 0 Å². The number of benzene rings is 1. The molecule has 0 aliphatic carbocycles. The van der Waals surface area contributed by atoms with E-state index < -0.39 is 26.6 Å². The lowest BCUT2D eigenvalue weighted by molar-refractivity contribution is 0.282. The predicted molar refractivity (Wildman–Crippen MR) is 74.8 cm³/mol. The van der Waals surface area contributed by atoms with Gasteiger partial charge in [-0.25, -0.2) is 21.9 Å². The molecule has 114 valence electrons. The maximum Gasteiger partial charge on any atom is 0.244 e. The molecule has 2 N–H and O–H groups in total. The van der Waals surface area contributed by atoms with Crippen LogP contribution in [0.4, 0.5) is 8.78 Å². The van der Waals surface area contributed by atoms with E-state index in [0.29, 0.717) is 18.9 Å². The fraction of sp³-hybridized carbons (Fsp3) is 0.500. The molecule has 0 aliphatic heterocycles. The number of halogens is 3. The van der Waals surface area contributed by atoms with Crippen LogP contribution in [0, 0.1) is 11.6 Å². The summed E-state index contributed by atoms with van der Waals surface area (Å²) < 4.78 is 52.5. The van der Waals surface area contributed by atoms with Crippen molar-refractivity contribution in [2.75, 3.05) is 13.2 Å². The first-order chi connectivity index (χ1) is 9.38. The molecule has 0 fully saturated rings. The molecular formula is C12H16BrF2NO3S. The first kappa shape index (κ1) is 17.5. The Kier molecular flexibility index (Phi) is 7.01. The zero-order valence-electron chi connectivity index (χ0n) is 10.7. The van der Waals surface area contributed by atoms with Gasteiger partial charge in [-0.15, -0.1) is 0 Å². The molecule has 1 rings (SSSR count). The highest BCUT2D eigenvalue weighted by Crippen LogP contribution is 2.26. The molecule has 0 radical (unpaired) electrons. The van der Waals surface area contributed by atoms with Crippen molar-refractivity contribution in [3.63, 3.8) is 0 Å². The van der Waals surface area contributed by atoms with Gasteiger partial charge in [-0.2, -0.15) is 0 Å². The van der Waals surface area contributed by atoms with Crippen molar-refractivity contribution in [3.05, 3.63) is 28.2 Å². The molecule has 4 nitrogen and oxygen atoms in total. The summed E-state index contributed by atoms with van der Waals surface area (Å²) in [4.78, 5) is -0.589. The Hall–Kier alpha value is -0.570. The SMILES string of the molecule is O=S(=O)(NCCCCCCO)c1c(F)cc(F)cc1Br. The van der Waals surface area contributed by atoms with E-state index in [-0.39, 0.29) is 17.6 Å². The minimum absolute atomic E-state index is 0.111. The van der Waals surface area contributed by atoms with E-state index in [1.807, 2.05) is 0 Å². The van der Waals surface area contributed by atoms with E-state index in [2.05, 4.69) is 20.7 Å². The summed E-state index contributed by atoms with van der Waals surface area (Å²) in [6.45, 7) is 0.274. The molecule has 8 heteroatoms. The molecule has 0 aromatic heterocycles. The van der Waals surface area contributed by atoms with Crippen LogP contribution in [-0.2, 0) is 10.0 Å². The van der Waals surface area contributed by atoms with Gasteiger partial charge in [-0.1, -0.05) is 12.8 Å². The Morgan fingerprint density at radius 1 is 1.15 bits per heavy atom. The molecule has 0 saturated heterocycles. The third-order valence-corrected chi connectivity index (χ3v) is 5.03. The third-order valence-electron chi connectivity index (χ3n) is 2.61. The fourth-order valence-electron chi connectivity index (χ4n) is 1.65. The van der Waals surface area contributed by atoms with E-state index >= 15 is 0 Å².